The molecule has 1 aliphatic rings. The van der Waals surface area contributed by atoms with Crippen LogP contribution < -0.4 is 17.1 Å². The molecule has 0 spiro atoms. The molecule has 0 N–H and O–H groups in total. The normalized spacial score (nSPS) is 14.6. The Morgan fingerprint density at radius 1 is 1.20 bits per heavy atom. The van der Waals surface area contributed by atoms with Gasteiger partial charge in [0.2, 0.25) is 0 Å². The van der Waals surface area contributed by atoms with E-state index in [0.717, 1.165) is 5.75 Å². The van der Waals surface area contributed by atoms with Gasteiger partial charge in [-0.3, -0.25) is 0 Å². The number of hydrogen-bond donors (Lipinski definition) is 0. The third-order valence-corrected chi connectivity index (χ3v) is 2.60. The Balaban J connectivity index is 0.00000112. The van der Waals surface area contributed by atoms with Crippen molar-refractivity contribution in [3.8, 4) is 5.75 Å². The molecule has 1 aromatic rings. The zero-order valence-electron chi connectivity index (χ0n) is 8.95. The molecule has 3 heteroatoms. The Morgan fingerprint density at radius 3 is 2.53 bits per heavy atom. The van der Waals surface area contributed by atoms with Crippen molar-refractivity contribution in [1.29, 1.82) is 0 Å². The quantitative estimate of drug-likeness (QED) is 0.584. The lowest BCUT2D eigenvalue weighted by molar-refractivity contribution is -0.500. The highest BCUT2D eigenvalue weighted by Gasteiger charge is 2.13. The van der Waals surface area contributed by atoms with E-state index in [2.05, 4.69) is 16.9 Å². The SMILES string of the molecule is COc1ccccc1C=[N+]1CCCC1.[Cl-]. The van der Waals surface area contributed by atoms with E-state index < -0.39 is 0 Å². The lowest BCUT2D eigenvalue weighted by Gasteiger charge is -2.01. The van der Waals surface area contributed by atoms with Gasteiger partial charge in [-0.1, -0.05) is 12.1 Å². The van der Waals surface area contributed by atoms with Crippen molar-refractivity contribution in [2.24, 2.45) is 0 Å². The summed E-state index contributed by atoms with van der Waals surface area (Å²) in [7, 11) is 1.72. The van der Waals surface area contributed by atoms with Crippen LogP contribution in [-0.2, 0) is 0 Å². The summed E-state index contributed by atoms with van der Waals surface area (Å²) in [6.07, 6.45) is 4.82. The zero-order chi connectivity index (χ0) is 9.80. The summed E-state index contributed by atoms with van der Waals surface area (Å²) >= 11 is 0. The first kappa shape index (κ1) is 12.1. The largest absolute Gasteiger partial charge is 1.00 e. The van der Waals surface area contributed by atoms with Crippen LogP contribution in [0, 0.1) is 0 Å². The molecule has 0 unspecified atom stereocenters. The molecule has 0 bridgehead atoms. The molecule has 82 valence electrons. The average Bonchev–Trinajstić information content (AvgIpc) is 2.71. The molecule has 0 aliphatic carbocycles. The first-order valence-corrected chi connectivity index (χ1v) is 5.12. The number of hydrogen-bond acceptors (Lipinski definition) is 1. The molecule has 2 nitrogen and oxygen atoms in total. The van der Waals surface area contributed by atoms with E-state index in [9.17, 15) is 0 Å². The van der Waals surface area contributed by atoms with Crippen LogP contribution in [0.25, 0.3) is 0 Å². The van der Waals surface area contributed by atoms with E-state index in [4.69, 9.17) is 4.74 Å². The first-order valence-electron chi connectivity index (χ1n) is 5.12. The van der Waals surface area contributed by atoms with Gasteiger partial charge in [-0.2, -0.15) is 0 Å². The van der Waals surface area contributed by atoms with E-state index in [1.165, 1.54) is 31.5 Å². The molecule has 1 aliphatic heterocycles. The first-order chi connectivity index (χ1) is 6.90. The molecule has 1 aromatic carbocycles. The third kappa shape index (κ3) is 2.96. The molecule has 0 radical (unpaired) electrons. The van der Waals surface area contributed by atoms with Gasteiger partial charge in [0.25, 0.3) is 0 Å². The van der Waals surface area contributed by atoms with Gasteiger partial charge in [0.15, 0.2) is 6.21 Å². The van der Waals surface area contributed by atoms with E-state index in [-0.39, 0.29) is 12.4 Å². The van der Waals surface area contributed by atoms with Crippen molar-refractivity contribution in [3.63, 3.8) is 0 Å². The summed E-state index contributed by atoms with van der Waals surface area (Å²) in [5.74, 6) is 0.958. The number of ether oxygens (including phenoxy) is 1. The van der Waals surface area contributed by atoms with Crippen LogP contribution in [0.15, 0.2) is 24.3 Å². The molecule has 0 atom stereocenters. The second-order valence-electron chi connectivity index (χ2n) is 3.61. The van der Waals surface area contributed by atoms with E-state index in [0.29, 0.717) is 0 Å². The highest BCUT2D eigenvalue weighted by Crippen LogP contribution is 2.15. The van der Waals surface area contributed by atoms with Crippen molar-refractivity contribution in [2.45, 2.75) is 12.8 Å². The Hall–Kier alpha value is -1.02. The number of benzene rings is 1. The lowest BCUT2D eigenvalue weighted by Crippen LogP contribution is -3.00. The molecule has 1 heterocycles. The van der Waals surface area contributed by atoms with Gasteiger partial charge in [0.1, 0.15) is 18.8 Å². The Labute approximate surface area is 97.0 Å². The van der Waals surface area contributed by atoms with Crippen molar-refractivity contribution in [2.75, 3.05) is 20.2 Å². The molecule has 1 saturated heterocycles. The lowest BCUT2D eigenvalue weighted by atomic mass is 10.2. The van der Waals surface area contributed by atoms with Gasteiger partial charge < -0.3 is 17.1 Å². The van der Waals surface area contributed by atoms with Gasteiger partial charge in [-0.25, -0.2) is 4.58 Å². The summed E-state index contributed by atoms with van der Waals surface area (Å²) in [6, 6.07) is 8.14. The maximum Gasteiger partial charge on any atom is 0.174 e. The minimum Gasteiger partial charge on any atom is -1.00 e. The molecule has 0 aromatic heterocycles. The summed E-state index contributed by atoms with van der Waals surface area (Å²) in [6.45, 7) is 2.36. The second-order valence-corrected chi connectivity index (χ2v) is 3.61. The maximum absolute atomic E-state index is 5.30. The van der Waals surface area contributed by atoms with Gasteiger partial charge in [0, 0.05) is 12.8 Å². The Bertz CT molecular complexity index is 341. The van der Waals surface area contributed by atoms with Crippen LogP contribution >= 0.6 is 0 Å². The maximum atomic E-state index is 5.30. The van der Waals surface area contributed by atoms with Crippen molar-refractivity contribution < 1.29 is 21.7 Å². The standard InChI is InChI=1S/C12H16NO.ClH/c1-14-12-7-3-2-6-11(12)10-13-8-4-5-9-13;/h2-3,6-7,10H,4-5,8-9H2,1H3;1H/q+1;/p-1. The fourth-order valence-electron chi connectivity index (χ4n) is 1.84. The predicted octanol–water partition coefficient (Wildman–Crippen LogP) is -1.08. The molecule has 0 amide bonds. The van der Waals surface area contributed by atoms with Crippen LogP contribution in [0.2, 0.25) is 0 Å². The summed E-state index contributed by atoms with van der Waals surface area (Å²) in [5, 5.41) is 0. The number of nitrogens with zero attached hydrogens (tertiary/aromatic N) is 1. The number of halogens is 1. The molecule has 0 saturated carbocycles. The minimum absolute atomic E-state index is 0. The van der Waals surface area contributed by atoms with Gasteiger partial charge >= 0.3 is 0 Å². The van der Waals surface area contributed by atoms with Crippen LogP contribution in [-0.4, -0.2) is 31.0 Å². The van der Waals surface area contributed by atoms with E-state index in [1.807, 2.05) is 18.2 Å². The highest BCUT2D eigenvalue weighted by atomic mass is 35.5. The summed E-state index contributed by atoms with van der Waals surface area (Å²) < 4.78 is 7.66. The average molecular weight is 226 g/mol. The second kappa shape index (κ2) is 5.76. The van der Waals surface area contributed by atoms with Gasteiger partial charge in [0.05, 0.1) is 12.7 Å². The minimum atomic E-state index is 0. The van der Waals surface area contributed by atoms with Crippen molar-refractivity contribution in [1.82, 2.24) is 0 Å². The van der Waals surface area contributed by atoms with Gasteiger partial charge in [-0.15, -0.1) is 0 Å². The number of para-hydroxylation sites is 1. The Morgan fingerprint density at radius 2 is 1.87 bits per heavy atom. The van der Waals surface area contributed by atoms with Crippen molar-refractivity contribution >= 4 is 6.21 Å². The van der Waals surface area contributed by atoms with Crippen LogP contribution in [0.4, 0.5) is 0 Å². The number of rotatable bonds is 2. The fourth-order valence-corrected chi connectivity index (χ4v) is 1.84. The smallest absolute Gasteiger partial charge is 0.174 e. The molecular weight excluding hydrogens is 210 g/mol. The highest BCUT2D eigenvalue weighted by molar-refractivity contribution is 5.79. The Kier molecular flexibility index (Phi) is 4.63. The van der Waals surface area contributed by atoms with E-state index in [1.54, 1.807) is 7.11 Å². The molecule has 15 heavy (non-hydrogen) atoms. The van der Waals surface area contributed by atoms with Crippen molar-refractivity contribution in [3.05, 3.63) is 29.8 Å². The summed E-state index contributed by atoms with van der Waals surface area (Å²) in [4.78, 5) is 0. The van der Waals surface area contributed by atoms with Gasteiger partial charge in [-0.05, 0) is 12.1 Å². The van der Waals surface area contributed by atoms with Crippen LogP contribution in [0.5, 0.6) is 5.75 Å². The predicted molar refractivity (Wildman–Crippen MR) is 57.4 cm³/mol. The fraction of sp³-hybridized carbons (Fsp3) is 0.417. The topological polar surface area (TPSA) is 12.2 Å². The van der Waals surface area contributed by atoms with Crippen LogP contribution in [0.3, 0.4) is 0 Å². The summed E-state index contributed by atoms with van der Waals surface area (Å²) in [5.41, 5.74) is 1.18. The number of methoxy groups -OCH3 is 1. The van der Waals surface area contributed by atoms with E-state index >= 15 is 0 Å². The molecule has 2 rings (SSSR count). The molecule has 1 fully saturated rings. The third-order valence-electron chi connectivity index (χ3n) is 2.60. The monoisotopic (exact) mass is 225 g/mol. The van der Waals surface area contributed by atoms with Crippen LogP contribution in [0.1, 0.15) is 18.4 Å². The zero-order valence-corrected chi connectivity index (χ0v) is 9.70. The molecular formula is C12H16ClNO.